The number of aliphatic imine (C=N–C) groups is 4. The molecule has 4 aromatic carbocycles. The van der Waals surface area contributed by atoms with Crippen molar-refractivity contribution in [2.45, 2.75) is 233 Å². The van der Waals surface area contributed by atoms with Crippen LogP contribution in [0.5, 0.6) is 23.0 Å². The van der Waals surface area contributed by atoms with Crippen LogP contribution in [-0.2, 0) is 75.9 Å². The first-order valence-electron chi connectivity index (χ1n) is 27.7. The van der Waals surface area contributed by atoms with Gasteiger partial charge in [-0.05, 0) is 81.4 Å². The summed E-state index contributed by atoms with van der Waals surface area (Å²) in [6.07, 6.45) is 14.2. The number of non-ortho nitro benzene ring substituents is 2. The number of hydrogen-bond donors (Lipinski definition) is 4. The van der Waals surface area contributed by atoms with Crippen molar-refractivity contribution in [1.82, 2.24) is 0 Å². The van der Waals surface area contributed by atoms with Crippen LogP contribution in [0.1, 0.15) is 232 Å². The zero-order chi connectivity index (χ0) is 58.7. The van der Waals surface area contributed by atoms with Gasteiger partial charge in [-0.2, -0.15) is 0 Å². The van der Waals surface area contributed by atoms with E-state index in [2.05, 4.69) is 117 Å². The standard InChI is InChI=1S/C36H54N2O2.C28H36N4O6.2H2O.2Ti/c1-33(2,3)25-17-23(31(39)27(19-25)35(7,8)9)21-37-29-15-13-14-16-30(29)38-22-24-18-26(34(4,5)6)20-28(32(24)40)36(10,11)12;1-27(2,3)21-13-19(31(35)36)11-17(25(21)33)15-29-23-9-7-8-10-24(23)30-16-18-12-20(32(37)38)14-22(26(18)34)28(4,5)6;;;;/h17-22,29-30,39-40H,13-16H2,1-12H3;11-16,23-24,33-34H,7-10H2,1-6H3;2*1H2;;/t29-,30-;23-,24-;;;;/m11..../s1. The van der Waals surface area contributed by atoms with Crippen molar-refractivity contribution < 1.29 is 84.7 Å². The molecule has 2 aliphatic rings. The second kappa shape index (κ2) is 29.1. The fraction of sp³-hybridized carbons (Fsp3) is 0.562. The van der Waals surface area contributed by atoms with Gasteiger partial charge in [-0.3, -0.25) is 40.2 Å². The molecule has 2 fully saturated rings. The monoisotopic (exact) mass is 1200 g/mol. The van der Waals surface area contributed by atoms with E-state index in [9.17, 15) is 40.7 Å². The molecule has 4 atom stereocenters. The molecule has 4 aromatic rings. The van der Waals surface area contributed by atoms with Crippen molar-refractivity contribution in [2.24, 2.45) is 20.0 Å². The van der Waals surface area contributed by atoms with Crippen LogP contribution in [0.4, 0.5) is 11.4 Å². The van der Waals surface area contributed by atoms with E-state index in [0.29, 0.717) is 22.6 Å². The van der Waals surface area contributed by atoms with Crippen molar-refractivity contribution in [2.75, 3.05) is 0 Å². The van der Waals surface area contributed by atoms with E-state index < -0.39 is 20.7 Å². The van der Waals surface area contributed by atoms with Crippen molar-refractivity contribution in [3.8, 4) is 23.0 Å². The van der Waals surface area contributed by atoms with Crippen molar-refractivity contribution in [3.63, 3.8) is 0 Å². The van der Waals surface area contributed by atoms with Crippen molar-refractivity contribution in [1.29, 1.82) is 0 Å². The van der Waals surface area contributed by atoms with Gasteiger partial charge in [0.25, 0.3) is 11.4 Å². The van der Waals surface area contributed by atoms with Gasteiger partial charge in [0.15, 0.2) is 0 Å². The molecular formula is C64H94N6O10Ti2. The minimum atomic E-state index is -0.511. The van der Waals surface area contributed by atoms with E-state index in [0.717, 1.165) is 73.6 Å². The summed E-state index contributed by atoms with van der Waals surface area (Å²) in [5.41, 5.74) is 5.58. The van der Waals surface area contributed by atoms with Gasteiger partial charge < -0.3 is 31.4 Å². The maximum absolute atomic E-state index is 11.5. The molecule has 0 heterocycles. The Morgan fingerprint density at radius 2 is 0.585 bits per heavy atom. The number of aromatic hydroxyl groups is 4. The number of nitro benzene ring substituents is 2. The van der Waals surface area contributed by atoms with Crippen LogP contribution in [0.3, 0.4) is 0 Å². The summed E-state index contributed by atoms with van der Waals surface area (Å²) >= 11 is 0. The zero-order valence-electron chi connectivity index (χ0n) is 52.0. The predicted octanol–water partition coefficient (Wildman–Crippen LogP) is 13.8. The molecule has 0 aromatic heterocycles. The average molecular weight is 1200 g/mol. The van der Waals surface area contributed by atoms with Gasteiger partial charge in [-0.25, -0.2) is 0 Å². The smallest absolute Gasteiger partial charge is 0.270 e. The van der Waals surface area contributed by atoms with Crippen LogP contribution >= 0.6 is 0 Å². The summed E-state index contributed by atoms with van der Waals surface area (Å²) in [6.45, 7) is 37.2. The first-order chi connectivity index (χ1) is 35.8. The van der Waals surface area contributed by atoms with Crippen LogP contribution in [0.2, 0.25) is 0 Å². The molecule has 0 radical (unpaired) electrons. The second-order valence-electron chi connectivity index (χ2n) is 27.8. The Hall–Kier alpha value is -5.09. The number of nitrogens with zero attached hydrogens (tertiary/aromatic N) is 6. The number of phenolic OH excluding ortho intramolecular Hbond substituents is 4. The molecule has 448 valence electrons. The quantitative estimate of drug-likeness (QED) is 0.0511. The maximum Gasteiger partial charge on any atom is 0.270 e. The molecule has 6 rings (SSSR count). The molecule has 0 saturated heterocycles. The number of nitro groups is 2. The van der Waals surface area contributed by atoms with E-state index in [1.807, 2.05) is 54.0 Å². The Morgan fingerprint density at radius 3 is 0.780 bits per heavy atom. The summed E-state index contributed by atoms with van der Waals surface area (Å²) in [5, 5.41) is 67.1. The fourth-order valence-corrected chi connectivity index (χ4v) is 9.94. The average Bonchev–Trinajstić information content (AvgIpc) is 3.31. The SMILES string of the molecule is CC(C)(C)c1cc(C=N[C@@H]2CCCC[C@H]2N=Cc2cc(C(C)(C)C)cc(C(C)(C)C)c2O)c(O)c(C(C)(C)C)c1.CC(C)(C)c1cc([N+](=O)[O-])cc(C=N[C@@H]2CCCC[C@H]2N=Cc2cc([N+](=O)[O-])cc(C(C)(C)C)c2O)c1O.O.O.[Ti].[Ti]. The normalized spacial score (nSPS) is 18.3. The minimum Gasteiger partial charge on any atom is -0.507 e. The fourth-order valence-electron chi connectivity index (χ4n) is 9.94. The van der Waals surface area contributed by atoms with Crippen LogP contribution in [0.15, 0.2) is 68.5 Å². The largest absolute Gasteiger partial charge is 0.507 e. The number of phenols is 4. The third-order valence-corrected chi connectivity index (χ3v) is 14.9. The Labute approximate surface area is 517 Å². The van der Waals surface area contributed by atoms with E-state index >= 15 is 0 Å². The molecule has 0 unspecified atom stereocenters. The first-order valence-corrected chi connectivity index (χ1v) is 27.7. The summed E-state index contributed by atoms with van der Waals surface area (Å²) in [6, 6.07) is 13.4. The topological polar surface area (TPSA) is 280 Å². The molecule has 82 heavy (non-hydrogen) atoms. The van der Waals surface area contributed by atoms with Gasteiger partial charge in [-0.15, -0.1) is 0 Å². The molecule has 2 aliphatic carbocycles. The van der Waals surface area contributed by atoms with Crippen LogP contribution in [-0.4, -0.2) is 90.3 Å². The molecular weight excluding hydrogens is 1110 g/mol. The number of benzene rings is 4. The van der Waals surface area contributed by atoms with E-state index in [4.69, 9.17) is 9.98 Å². The molecule has 0 amide bonds. The van der Waals surface area contributed by atoms with Gasteiger partial charge in [0.2, 0.25) is 0 Å². The van der Waals surface area contributed by atoms with E-state index in [1.165, 1.54) is 47.8 Å². The second-order valence-corrected chi connectivity index (χ2v) is 27.8. The van der Waals surface area contributed by atoms with Gasteiger partial charge in [0.05, 0.1) is 34.0 Å². The molecule has 8 N–H and O–H groups in total. The molecule has 0 bridgehead atoms. The van der Waals surface area contributed by atoms with E-state index in [-0.39, 0.29) is 134 Å². The molecule has 0 spiro atoms. The maximum atomic E-state index is 11.5. The van der Waals surface area contributed by atoms with Crippen molar-refractivity contribution in [3.05, 3.63) is 124 Å². The van der Waals surface area contributed by atoms with Gasteiger partial charge in [-0.1, -0.05) is 162 Å². The summed E-state index contributed by atoms with van der Waals surface area (Å²) in [7, 11) is 0. The van der Waals surface area contributed by atoms with Gasteiger partial charge in [0.1, 0.15) is 23.0 Å². The molecule has 2 saturated carbocycles. The summed E-state index contributed by atoms with van der Waals surface area (Å²) in [4.78, 5) is 41.4. The number of hydrogen-bond acceptors (Lipinski definition) is 12. The molecule has 0 aliphatic heterocycles. The van der Waals surface area contributed by atoms with Crippen molar-refractivity contribution >= 4 is 36.2 Å². The zero-order valence-corrected chi connectivity index (χ0v) is 55.1. The van der Waals surface area contributed by atoms with Gasteiger partial charge >= 0.3 is 0 Å². The Bertz CT molecular complexity index is 2770. The summed E-state index contributed by atoms with van der Waals surface area (Å²) < 4.78 is 0. The minimum absolute atomic E-state index is 0. The third-order valence-electron chi connectivity index (χ3n) is 14.9. The third kappa shape index (κ3) is 19.5. The van der Waals surface area contributed by atoms with Crippen LogP contribution in [0.25, 0.3) is 0 Å². The molecule has 18 heteroatoms. The predicted molar refractivity (Wildman–Crippen MR) is 328 cm³/mol. The molecule has 16 nitrogen and oxygen atoms in total. The Kier molecular flexibility index (Phi) is 26.6. The first kappa shape index (κ1) is 74.9. The Balaban J connectivity index is 0.000000783. The van der Waals surface area contributed by atoms with Crippen LogP contribution < -0.4 is 0 Å². The van der Waals surface area contributed by atoms with Crippen LogP contribution in [0, 0.1) is 20.2 Å². The van der Waals surface area contributed by atoms with E-state index in [1.54, 1.807) is 0 Å². The van der Waals surface area contributed by atoms with Gasteiger partial charge in [0, 0.05) is 137 Å². The summed E-state index contributed by atoms with van der Waals surface area (Å²) in [5.74, 6) is 0.551. The number of rotatable bonds is 10. The Morgan fingerprint density at radius 1 is 0.378 bits per heavy atom.